The number of benzene rings is 1. The fourth-order valence-corrected chi connectivity index (χ4v) is 2.91. The third-order valence-electron chi connectivity index (χ3n) is 4.28. The van der Waals surface area contributed by atoms with Crippen LogP contribution in [0.25, 0.3) is 0 Å². The Bertz CT molecular complexity index is 703. The Morgan fingerprint density at radius 3 is 2.44 bits per heavy atom. The monoisotopic (exact) mass is 343 g/mol. The first-order valence-corrected chi connectivity index (χ1v) is 8.30. The molecule has 2 aliphatic heterocycles. The lowest BCUT2D eigenvalue weighted by atomic mass is 10.3. The summed E-state index contributed by atoms with van der Waals surface area (Å²) in [7, 11) is 0. The Balaban J connectivity index is 1.70. The van der Waals surface area contributed by atoms with Gasteiger partial charge in [0.15, 0.2) is 0 Å². The lowest BCUT2D eigenvalue weighted by Crippen LogP contribution is -2.56. The molecule has 8 nitrogen and oxygen atoms in total. The maximum atomic E-state index is 12.8. The van der Waals surface area contributed by atoms with E-state index in [1.54, 1.807) is 21.9 Å². The zero-order valence-electron chi connectivity index (χ0n) is 14.1. The van der Waals surface area contributed by atoms with Gasteiger partial charge in [-0.1, -0.05) is 18.2 Å². The van der Waals surface area contributed by atoms with Gasteiger partial charge in [0.05, 0.1) is 5.69 Å². The van der Waals surface area contributed by atoms with Crippen LogP contribution in [-0.2, 0) is 14.4 Å². The number of hydrazine groups is 1. The number of amidine groups is 1. The van der Waals surface area contributed by atoms with E-state index in [0.717, 1.165) is 6.42 Å². The first-order chi connectivity index (χ1) is 12.1. The van der Waals surface area contributed by atoms with E-state index in [-0.39, 0.29) is 30.1 Å². The molecule has 0 aromatic heterocycles. The summed E-state index contributed by atoms with van der Waals surface area (Å²) in [6.45, 7) is 3.63. The van der Waals surface area contributed by atoms with Crippen molar-refractivity contribution in [3.05, 3.63) is 30.3 Å². The Morgan fingerprint density at radius 1 is 1.04 bits per heavy atom. The zero-order valence-corrected chi connectivity index (χ0v) is 14.1. The zero-order chi connectivity index (χ0) is 17.8. The summed E-state index contributed by atoms with van der Waals surface area (Å²) < 4.78 is 0. The average molecular weight is 343 g/mol. The van der Waals surface area contributed by atoms with Crippen LogP contribution in [0.2, 0.25) is 0 Å². The molecule has 0 spiro atoms. The van der Waals surface area contributed by atoms with Gasteiger partial charge in [-0.05, 0) is 18.6 Å². The second kappa shape index (κ2) is 7.33. The number of para-hydroxylation sites is 1. The van der Waals surface area contributed by atoms with Crippen molar-refractivity contribution in [1.29, 1.82) is 0 Å². The second-order valence-electron chi connectivity index (χ2n) is 5.99. The average Bonchev–Trinajstić information content (AvgIpc) is 2.88. The molecule has 0 saturated carbocycles. The van der Waals surface area contributed by atoms with E-state index >= 15 is 0 Å². The highest BCUT2D eigenvalue weighted by Gasteiger charge is 2.29. The minimum Gasteiger partial charge on any atom is -0.341 e. The highest BCUT2D eigenvalue weighted by molar-refractivity contribution is 6.39. The van der Waals surface area contributed by atoms with Crippen molar-refractivity contribution in [2.75, 3.05) is 37.7 Å². The molecular weight excluding hydrogens is 322 g/mol. The Kier molecular flexibility index (Phi) is 4.97. The molecule has 0 bridgehead atoms. The van der Waals surface area contributed by atoms with Crippen molar-refractivity contribution in [3.8, 4) is 0 Å². The highest BCUT2D eigenvalue weighted by Crippen LogP contribution is 2.14. The maximum absolute atomic E-state index is 12.8. The summed E-state index contributed by atoms with van der Waals surface area (Å²) in [5, 5.41) is 1.35. The molecule has 25 heavy (non-hydrogen) atoms. The molecule has 2 heterocycles. The van der Waals surface area contributed by atoms with E-state index in [1.165, 1.54) is 11.9 Å². The Labute approximate surface area is 146 Å². The van der Waals surface area contributed by atoms with Crippen molar-refractivity contribution in [2.24, 2.45) is 4.99 Å². The Hall–Kier alpha value is -2.90. The molecule has 1 saturated heterocycles. The Morgan fingerprint density at radius 2 is 1.72 bits per heavy atom. The molecule has 0 aliphatic carbocycles. The predicted octanol–water partition coefficient (Wildman–Crippen LogP) is 0.0171. The van der Waals surface area contributed by atoms with Crippen molar-refractivity contribution in [1.82, 2.24) is 15.2 Å². The van der Waals surface area contributed by atoms with Gasteiger partial charge < -0.3 is 9.80 Å². The lowest BCUT2D eigenvalue weighted by Gasteiger charge is -2.30. The number of rotatable bonds is 2. The summed E-state index contributed by atoms with van der Waals surface area (Å²) in [6.07, 6.45) is 0.722. The molecule has 0 atom stereocenters. The molecule has 1 fully saturated rings. The van der Waals surface area contributed by atoms with E-state index < -0.39 is 0 Å². The van der Waals surface area contributed by atoms with Crippen molar-refractivity contribution < 1.29 is 14.4 Å². The fraction of sp³-hybridized carbons (Fsp3) is 0.412. The number of aliphatic imine (C=N–C) groups is 1. The van der Waals surface area contributed by atoms with E-state index in [4.69, 9.17) is 0 Å². The van der Waals surface area contributed by atoms with Gasteiger partial charge in [-0.3, -0.25) is 24.8 Å². The van der Waals surface area contributed by atoms with Crippen LogP contribution in [0.15, 0.2) is 35.3 Å². The lowest BCUT2D eigenvalue weighted by molar-refractivity contribution is -0.129. The number of nitrogens with one attached hydrogen (secondary N) is 1. The van der Waals surface area contributed by atoms with E-state index in [9.17, 15) is 14.4 Å². The predicted molar refractivity (Wildman–Crippen MR) is 92.8 cm³/mol. The van der Waals surface area contributed by atoms with Gasteiger partial charge in [-0.25, -0.2) is 5.01 Å². The third kappa shape index (κ3) is 3.78. The summed E-state index contributed by atoms with van der Waals surface area (Å²) in [5.41, 5.74) is 3.49. The molecule has 0 unspecified atom stereocenters. The van der Waals surface area contributed by atoms with Crippen molar-refractivity contribution in [3.63, 3.8) is 0 Å². The number of nitrogens with zero attached hydrogens (tertiary/aromatic N) is 4. The van der Waals surface area contributed by atoms with Crippen molar-refractivity contribution >= 4 is 29.2 Å². The number of anilines is 1. The van der Waals surface area contributed by atoms with Crippen LogP contribution in [0.4, 0.5) is 5.69 Å². The molecule has 3 amide bonds. The smallest absolute Gasteiger partial charge is 0.290 e. The molecule has 1 aromatic rings. The molecule has 1 N–H and O–H groups in total. The minimum atomic E-state index is -0.251. The van der Waals surface area contributed by atoms with Gasteiger partial charge in [-0.2, -0.15) is 0 Å². The molecule has 8 heteroatoms. The molecular formula is C17H21N5O3. The minimum absolute atomic E-state index is 0.0169. The summed E-state index contributed by atoms with van der Waals surface area (Å²) in [5.74, 6) is -0.303. The molecule has 2 aliphatic rings. The SMILES string of the molecule is CC(=O)N1CCCN(C(=O)C2=NCC(=O)N(c3ccccc3)N2)CC1. The first kappa shape index (κ1) is 16.9. The highest BCUT2D eigenvalue weighted by atomic mass is 16.2. The molecule has 0 radical (unpaired) electrons. The number of hydrogen-bond acceptors (Lipinski definition) is 5. The van der Waals surface area contributed by atoms with Crippen LogP contribution in [0, 0.1) is 0 Å². The van der Waals surface area contributed by atoms with E-state index in [0.29, 0.717) is 31.9 Å². The van der Waals surface area contributed by atoms with Gasteiger partial charge in [0.2, 0.25) is 11.7 Å². The molecule has 1 aromatic carbocycles. The van der Waals surface area contributed by atoms with Crippen LogP contribution in [0.5, 0.6) is 0 Å². The number of carbonyl (C=O) groups is 3. The summed E-state index contributed by atoms with van der Waals surface area (Å²) >= 11 is 0. The summed E-state index contributed by atoms with van der Waals surface area (Å²) in [4.78, 5) is 43.9. The van der Waals surface area contributed by atoms with E-state index in [2.05, 4.69) is 10.4 Å². The van der Waals surface area contributed by atoms with Crippen LogP contribution >= 0.6 is 0 Å². The van der Waals surface area contributed by atoms with Crippen molar-refractivity contribution in [2.45, 2.75) is 13.3 Å². The normalized spacial score (nSPS) is 18.4. The number of hydrogen-bond donors (Lipinski definition) is 1. The number of amides is 3. The largest absolute Gasteiger partial charge is 0.341 e. The van der Waals surface area contributed by atoms with Crippen LogP contribution in [0.1, 0.15) is 13.3 Å². The second-order valence-corrected chi connectivity index (χ2v) is 5.99. The molecule has 3 rings (SSSR count). The van der Waals surface area contributed by atoms with E-state index in [1.807, 2.05) is 18.2 Å². The van der Waals surface area contributed by atoms with Gasteiger partial charge in [0, 0.05) is 33.1 Å². The topological polar surface area (TPSA) is 85.3 Å². The first-order valence-electron chi connectivity index (χ1n) is 8.30. The van der Waals surface area contributed by atoms with Crippen LogP contribution in [0.3, 0.4) is 0 Å². The fourth-order valence-electron chi connectivity index (χ4n) is 2.91. The quantitative estimate of drug-likeness (QED) is 0.820. The van der Waals surface area contributed by atoms with Crippen LogP contribution < -0.4 is 10.4 Å². The van der Waals surface area contributed by atoms with Gasteiger partial charge >= 0.3 is 0 Å². The summed E-state index contributed by atoms with van der Waals surface area (Å²) in [6, 6.07) is 9.07. The van der Waals surface area contributed by atoms with Gasteiger partial charge in [-0.15, -0.1) is 0 Å². The number of carbonyl (C=O) groups excluding carboxylic acids is 3. The van der Waals surface area contributed by atoms with Crippen LogP contribution in [-0.4, -0.2) is 66.1 Å². The standard InChI is InChI=1S/C17H21N5O3/c1-13(23)20-8-5-9-21(11-10-20)17(25)16-18-12-15(24)22(19-16)14-6-3-2-4-7-14/h2-4,6-7H,5,8-12H2,1H3,(H,18,19). The maximum Gasteiger partial charge on any atom is 0.290 e. The molecule has 132 valence electrons. The van der Waals surface area contributed by atoms with Gasteiger partial charge in [0.25, 0.3) is 11.8 Å². The van der Waals surface area contributed by atoms with Gasteiger partial charge in [0.1, 0.15) is 6.54 Å². The third-order valence-corrected chi connectivity index (χ3v) is 4.28.